The molecule has 6 heteroatoms. The summed E-state index contributed by atoms with van der Waals surface area (Å²) in [6, 6.07) is 13.3. The minimum absolute atomic E-state index is 0.0965. The second-order valence-corrected chi connectivity index (χ2v) is 7.42. The van der Waals surface area contributed by atoms with Crippen LogP contribution in [0.3, 0.4) is 0 Å². The van der Waals surface area contributed by atoms with Crippen LogP contribution >= 0.6 is 22.9 Å². The summed E-state index contributed by atoms with van der Waals surface area (Å²) >= 11 is 7.92. The molecule has 0 saturated carbocycles. The number of ether oxygens (including phenoxy) is 1. The van der Waals surface area contributed by atoms with E-state index in [1.165, 1.54) is 10.4 Å². The number of amides is 1. The van der Waals surface area contributed by atoms with Gasteiger partial charge in [0.25, 0.3) is 5.91 Å². The van der Waals surface area contributed by atoms with Crippen LogP contribution < -0.4 is 4.74 Å². The maximum Gasteiger partial charge on any atom is 0.257 e. The number of halogens is 1. The lowest BCUT2D eigenvalue weighted by atomic mass is 9.92. The van der Waals surface area contributed by atoms with Crippen LogP contribution in [0.15, 0.2) is 54.0 Å². The third-order valence-electron chi connectivity index (χ3n) is 4.65. The Hall–Kier alpha value is -2.37. The van der Waals surface area contributed by atoms with E-state index < -0.39 is 0 Å². The molecule has 0 unspecified atom stereocenters. The second-order valence-electron chi connectivity index (χ2n) is 6.07. The molecule has 3 aromatic rings. The van der Waals surface area contributed by atoms with Crippen LogP contribution in [0.4, 0.5) is 0 Å². The van der Waals surface area contributed by atoms with Crippen molar-refractivity contribution in [3.8, 4) is 5.75 Å². The van der Waals surface area contributed by atoms with Crippen molar-refractivity contribution >= 4 is 28.8 Å². The van der Waals surface area contributed by atoms with E-state index in [2.05, 4.69) is 16.4 Å². The maximum atomic E-state index is 13.2. The summed E-state index contributed by atoms with van der Waals surface area (Å²) in [6.45, 7) is 0.647. The molecule has 4 rings (SSSR count). The smallest absolute Gasteiger partial charge is 0.257 e. The van der Waals surface area contributed by atoms with Crippen molar-refractivity contribution in [2.24, 2.45) is 0 Å². The lowest BCUT2D eigenvalue weighted by Crippen LogP contribution is -2.40. The Kier molecular flexibility index (Phi) is 4.66. The van der Waals surface area contributed by atoms with Gasteiger partial charge in [-0.15, -0.1) is 11.3 Å². The van der Waals surface area contributed by atoms with Crippen LogP contribution in [0.1, 0.15) is 32.4 Å². The number of carbonyl (C=O) groups excluding carboxylic acids is 1. The first-order chi connectivity index (χ1) is 12.7. The number of hydrogen-bond acceptors (Lipinski definition) is 4. The van der Waals surface area contributed by atoms with E-state index in [1.807, 2.05) is 29.2 Å². The van der Waals surface area contributed by atoms with Gasteiger partial charge in [-0.3, -0.25) is 4.79 Å². The van der Waals surface area contributed by atoms with E-state index in [1.54, 1.807) is 36.8 Å². The van der Waals surface area contributed by atoms with Crippen LogP contribution in [-0.4, -0.2) is 29.4 Å². The van der Waals surface area contributed by atoms with E-state index in [-0.39, 0.29) is 17.1 Å². The first-order valence-electron chi connectivity index (χ1n) is 8.30. The minimum atomic E-state index is -0.139. The topological polar surface area (TPSA) is 42.4 Å². The molecule has 26 heavy (non-hydrogen) atoms. The highest BCUT2D eigenvalue weighted by Crippen LogP contribution is 2.39. The summed E-state index contributed by atoms with van der Waals surface area (Å²) in [6.07, 6.45) is 2.44. The Balaban J connectivity index is 1.77. The number of nitrogens with zero attached hydrogens (tertiary/aromatic N) is 2. The molecule has 0 aliphatic carbocycles. The zero-order valence-electron chi connectivity index (χ0n) is 14.2. The Bertz CT molecular complexity index is 939. The summed E-state index contributed by atoms with van der Waals surface area (Å²) in [7, 11) is 1.65. The summed E-state index contributed by atoms with van der Waals surface area (Å²) in [5.41, 5.74) is 2.67. The molecule has 1 aromatic carbocycles. The van der Waals surface area contributed by atoms with Crippen molar-refractivity contribution < 1.29 is 9.53 Å². The Labute approximate surface area is 161 Å². The molecular weight excluding hydrogens is 368 g/mol. The molecule has 0 fully saturated rings. The first-order valence-corrected chi connectivity index (χ1v) is 9.56. The summed E-state index contributed by atoms with van der Waals surface area (Å²) < 4.78 is 5.27. The van der Waals surface area contributed by atoms with Gasteiger partial charge in [-0.05, 0) is 53.3 Å². The van der Waals surface area contributed by atoms with Gasteiger partial charge in [0.05, 0.1) is 18.7 Å². The highest BCUT2D eigenvalue weighted by atomic mass is 35.5. The standard InChI is InChI=1S/C20H17ClN2O2S/c1-25-14-6-4-13(5-7-14)18-15-9-12-26-17(15)8-11-23(18)20(24)16-3-2-10-22-19(16)21/h2-7,9-10,12,18H,8,11H2,1H3/t18-/m1/s1. The number of hydrogen-bond donors (Lipinski definition) is 0. The number of rotatable bonds is 3. The molecule has 1 amide bonds. The third kappa shape index (κ3) is 2.97. The van der Waals surface area contributed by atoms with Crippen molar-refractivity contribution in [3.63, 3.8) is 0 Å². The Morgan fingerprint density at radius 1 is 1.27 bits per heavy atom. The number of thiophene rings is 1. The predicted molar refractivity (Wildman–Crippen MR) is 103 cm³/mol. The van der Waals surface area contributed by atoms with Crippen LogP contribution in [-0.2, 0) is 6.42 Å². The Morgan fingerprint density at radius 2 is 2.08 bits per heavy atom. The highest BCUT2D eigenvalue weighted by Gasteiger charge is 2.34. The highest BCUT2D eigenvalue weighted by molar-refractivity contribution is 7.10. The second kappa shape index (κ2) is 7.09. The zero-order valence-corrected chi connectivity index (χ0v) is 15.8. The van der Waals surface area contributed by atoms with Gasteiger partial charge in [0.2, 0.25) is 0 Å². The number of carbonyl (C=O) groups is 1. The van der Waals surface area contributed by atoms with E-state index in [0.717, 1.165) is 17.7 Å². The molecule has 0 N–H and O–H groups in total. The normalized spacial score (nSPS) is 16.2. The van der Waals surface area contributed by atoms with E-state index in [0.29, 0.717) is 12.1 Å². The molecule has 1 aliphatic rings. The fourth-order valence-electron chi connectivity index (χ4n) is 3.38. The molecule has 1 aliphatic heterocycles. The number of pyridine rings is 1. The number of benzene rings is 1. The maximum absolute atomic E-state index is 13.2. The third-order valence-corrected chi connectivity index (χ3v) is 5.95. The number of fused-ring (bicyclic) bond motifs is 1. The molecule has 0 spiro atoms. The van der Waals surface area contributed by atoms with Crippen molar-refractivity contribution in [2.75, 3.05) is 13.7 Å². The van der Waals surface area contributed by atoms with Crippen LogP contribution in [0.5, 0.6) is 5.75 Å². The van der Waals surface area contributed by atoms with Gasteiger partial charge in [-0.1, -0.05) is 23.7 Å². The molecule has 2 aromatic heterocycles. The first kappa shape index (κ1) is 17.1. The van der Waals surface area contributed by atoms with E-state index >= 15 is 0 Å². The molecule has 3 heterocycles. The average Bonchev–Trinajstić information content (AvgIpc) is 3.16. The van der Waals surface area contributed by atoms with Gasteiger partial charge in [0, 0.05) is 17.6 Å². The van der Waals surface area contributed by atoms with Crippen molar-refractivity contribution in [2.45, 2.75) is 12.5 Å². The number of aromatic nitrogens is 1. The van der Waals surface area contributed by atoms with E-state index in [9.17, 15) is 4.79 Å². The van der Waals surface area contributed by atoms with E-state index in [4.69, 9.17) is 16.3 Å². The fourth-order valence-corrected chi connectivity index (χ4v) is 4.49. The summed E-state index contributed by atoms with van der Waals surface area (Å²) in [4.78, 5) is 20.5. The van der Waals surface area contributed by atoms with Crippen LogP contribution in [0, 0.1) is 0 Å². The van der Waals surface area contributed by atoms with Gasteiger partial charge in [-0.25, -0.2) is 4.98 Å². The van der Waals surface area contributed by atoms with Crippen LogP contribution in [0.2, 0.25) is 5.15 Å². The largest absolute Gasteiger partial charge is 0.497 e. The van der Waals surface area contributed by atoms with Gasteiger partial charge in [0.1, 0.15) is 10.9 Å². The van der Waals surface area contributed by atoms with Crippen molar-refractivity contribution in [1.29, 1.82) is 0 Å². The SMILES string of the molecule is COc1ccc([C@@H]2c3ccsc3CCN2C(=O)c2cccnc2Cl)cc1. The Morgan fingerprint density at radius 3 is 2.81 bits per heavy atom. The number of methoxy groups -OCH3 is 1. The monoisotopic (exact) mass is 384 g/mol. The molecule has 1 atom stereocenters. The molecule has 4 nitrogen and oxygen atoms in total. The summed E-state index contributed by atoms with van der Waals surface area (Å²) in [5, 5.41) is 2.33. The van der Waals surface area contributed by atoms with Gasteiger partial charge in [0.15, 0.2) is 0 Å². The molecular formula is C20H17ClN2O2S. The lowest BCUT2D eigenvalue weighted by molar-refractivity contribution is 0.0696. The van der Waals surface area contributed by atoms with Crippen molar-refractivity contribution in [3.05, 3.63) is 80.8 Å². The van der Waals surface area contributed by atoms with Crippen LogP contribution in [0.25, 0.3) is 0 Å². The quantitative estimate of drug-likeness (QED) is 0.620. The molecule has 0 bridgehead atoms. The van der Waals surface area contributed by atoms with Gasteiger partial charge >= 0.3 is 0 Å². The minimum Gasteiger partial charge on any atom is -0.497 e. The average molecular weight is 385 g/mol. The summed E-state index contributed by atoms with van der Waals surface area (Å²) in [5.74, 6) is 0.698. The predicted octanol–water partition coefficient (Wildman–Crippen LogP) is 4.59. The molecule has 0 radical (unpaired) electrons. The molecule has 0 saturated heterocycles. The molecule has 132 valence electrons. The van der Waals surface area contributed by atoms with Crippen molar-refractivity contribution in [1.82, 2.24) is 9.88 Å². The lowest BCUT2D eigenvalue weighted by Gasteiger charge is -2.36. The van der Waals surface area contributed by atoms with Gasteiger partial charge in [-0.2, -0.15) is 0 Å². The zero-order chi connectivity index (χ0) is 18.1. The van der Waals surface area contributed by atoms with Gasteiger partial charge < -0.3 is 9.64 Å². The fraction of sp³-hybridized carbons (Fsp3) is 0.200.